The highest BCUT2D eigenvalue weighted by Crippen LogP contribution is 2.41. The van der Waals surface area contributed by atoms with Crippen LogP contribution in [-0.4, -0.2) is 36.9 Å². The van der Waals surface area contributed by atoms with Crippen molar-refractivity contribution in [2.75, 3.05) is 18.0 Å². The van der Waals surface area contributed by atoms with Crippen LogP contribution < -0.4 is 4.90 Å². The van der Waals surface area contributed by atoms with Crippen molar-refractivity contribution in [1.82, 2.24) is 9.46 Å². The molecule has 144 valence electrons. The minimum absolute atomic E-state index is 0.0865. The van der Waals surface area contributed by atoms with E-state index in [1.807, 2.05) is 6.07 Å². The first-order chi connectivity index (χ1) is 12.8. The molecule has 0 radical (unpaired) electrons. The number of carbonyl (C=O) groups is 1. The molecule has 0 N–H and O–H groups in total. The predicted molar refractivity (Wildman–Crippen MR) is 103 cm³/mol. The maximum Gasteiger partial charge on any atom is 0.244 e. The van der Waals surface area contributed by atoms with Crippen LogP contribution in [0.2, 0.25) is 0 Å². The molecule has 2 aromatic rings. The van der Waals surface area contributed by atoms with Crippen molar-refractivity contribution in [2.45, 2.75) is 44.0 Å². The van der Waals surface area contributed by atoms with Crippen molar-refractivity contribution in [1.29, 1.82) is 0 Å². The van der Waals surface area contributed by atoms with Crippen LogP contribution >= 0.6 is 15.9 Å². The Bertz CT molecular complexity index is 1020. The summed E-state index contributed by atoms with van der Waals surface area (Å²) in [7, 11) is -3.76. The van der Waals surface area contributed by atoms with Gasteiger partial charge in [-0.15, -0.1) is 0 Å². The Kier molecular flexibility index (Phi) is 4.64. The number of amides is 1. The zero-order valence-electron chi connectivity index (χ0n) is 15.1. The molecule has 1 saturated heterocycles. The summed E-state index contributed by atoms with van der Waals surface area (Å²) in [5.74, 6) is 0.571. The van der Waals surface area contributed by atoms with Crippen LogP contribution in [0, 0.1) is 6.92 Å². The van der Waals surface area contributed by atoms with Gasteiger partial charge in [-0.2, -0.15) is 4.31 Å². The molecule has 1 amide bonds. The fraction of sp³-hybridized carbons (Fsp3) is 0.444. The summed E-state index contributed by atoms with van der Waals surface area (Å²) >= 11 is 3.43. The molecule has 2 aliphatic rings. The number of hydrogen-bond donors (Lipinski definition) is 0. The minimum atomic E-state index is -3.76. The van der Waals surface area contributed by atoms with Gasteiger partial charge in [-0.05, 0) is 59.8 Å². The Balaban J connectivity index is 1.76. The van der Waals surface area contributed by atoms with E-state index < -0.39 is 10.0 Å². The van der Waals surface area contributed by atoms with Crippen molar-refractivity contribution in [3.05, 3.63) is 39.7 Å². The number of hydrogen-bond acceptors (Lipinski definition) is 5. The number of fused-ring (bicyclic) bond motifs is 1. The molecule has 0 saturated carbocycles. The number of sulfonamides is 1. The SMILES string of the molecule is CC(=O)N1CCc2cc(Br)c(S(=O)(=O)N3CCC[C@H]3c3cc(C)on3)cc21. The normalized spacial score (nSPS) is 20.3. The topological polar surface area (TPSA) is 83.7 Å². The molecule has 3 heterocycles. The fourth-order valence-electron chi connectivity index (χ4n) is 3.91. The molecule has 1 aromatic carbocycles. The van der Waals surface area contributed by atoms with Gasteiger partial charge < -0.3 is 9.42 Å². The minimum Gasteiger partial charge on any atom is -0.361 e. The molecule has 1 fully saturated rings. The Morgan fingerprint density at radius 3 is 2.74 bits per heavy atom. The van der Waals surface area contributed by atoms with Crippen LogP contribution in [0.1, 0.15) is 42.8 Å². The van der Waals surface area contributed by atoms with Gasteiger partial charge in [0.05, 0.1) is 10.9 Å². The molecule has 2 aliphatic heterocycles. The van der Waals surface area contributed by atoms with E-state index in [9.17, 15) is 13.2 Å². The van der Waals surface area contributed by atoms with E-state index in [4.69, 9.17) is 4.52 Å². The van der Waals surface area contributed by atoms with Gasteiger partial charge in [0.25, 0.3) is 0 Å². The predicted octanol–water partition coefficient (Wildman–Crippen LogP) is 3.18. The number of halogens is 1. The molecular formula is C18H20BrN3O4S. The van der Waals surface area contributed by atoms with Crippen molar-refractivity contribution in [2.24, 2.45) is 0 Å². The number of nitrogens with zero attached hydrogens (tertiary/aromatic N) is 3. The van der Waals surface area contributed by atoms with E-state index in [1.165, 1.54) is 11.2 Å². The lowest BCUT2D eigenvalue weighted by Gasteiger charge is -2.24. The van der Waals surface area contributed by atoms with Gasteiger partial charge in [-0.25, -0.2) is 8.42 Å². The van der Waals surface area contributed by atoms with E-state index in [2.05, 4.69) is 21.1 Å². The summed E-state index contributed by atoms with van der Waals surface area (Å²) in [6, 6.07) is 4.88. The quantitative estimate of drug-likeness (QED) is 0.712. The molecule has 4 rings (SSSR count). The van der Waals surface area contributed by atoms with Gasteiger partial charge in [0.15, 0.2) is 0 Å². The number of benzene rings is 1. The second-order valence-corrected chi connectivity index (χ2v) is 9.68. The number of carbonyl (C=O) groups excluding carboxylic acids is 1. The third-order valence-corrected chi connectivity index (χ3v) is 8.05. The highest BCUT2D eigenvalue weighted by atomic mass is 79.9. The van der Waals surface area contributed by atoms with Crippen LogP contribution in [0.4, 0.5) is 5.69 Å². The molecule has 1 atom stereocenters. The van der Waals surface area contributed by atoms with E-state index in [0.717, 1.165) is 18.4 Å². The van der Waals surface area contributed by atoms with Crippen molar-refractivity contribution >= 4 is 37.5 Å². The van der Waals surface area contributed by atoms with E-state index in [0.29, 0.717) is 41.1 Å². The molecule has 27 heavy (non-hydrogen) atoms. The van der Waals surface area contributed by atoms with Crippen LogP contribution in [0.3, 0.4) is 0 Å². The number of rotatable bonds is 3. The molecule has 1 aromatic heterocycles. The summed E-state index contributed by atoms with van der Waals surface area (Å²) in [6.45, 7) is 4.29. The third kappa shape index (κ3) is 3.11. The highest BCUT2D eigenvalue weighted by Gasteiger charge is 2.39. The number of aryl methyl sites for hydroxylation is 1. The average molecular weight is 454 g/mol. The smallest absolute Gasteiger partial charge is 0.244 e. The number of anilines is 1. The molecule has 0 bridgehead atoms. The lowest BCUT2D eigenvalue weighted by atomic mass is 10.1. The fourth-order valence-corrected chi connectivity index (χ4v) is 6.65. The standard InChI is InChI=1S/C18H20BrN3O4S/c1-11-8-15(20-26-11)16-4-3-6-22(16)27(24,25)18-10-17-13(9-14(18)19)5-7-21(17)12(2)23/h8-10,16H,3-7H2,1-2H3/t16-/m0/s1. The molecule has 0 spiro atoms. The summed E-state index contributed by atoms with van der Waals surface area (Å²) in [5, 5.41) is 4.03. The van der Waals surface area contributed by atoms with Crippen molar-refractivity contribution in [3.63, 3.8) is 0 Å². The van der Waals surface area contributed by atoms with E-state index in [1.54, 1.807) is 24.0 Å². The second kappa shape index (κ2) is 6.72. The van der Waals surface area contributed by atoms with Gasteiger partial charge >= 0.3 is 0 Å². The average Bonchev–Trinajstić information content (AvgIpc) is 3.31. The summed E-state index contributed by atoms with van der Waals surface area (Å²) in [5.41, 5.74) is 2.29. The van der Waals surface area contributed by atoms with Gasteiger partial charge in [0, 0.05) is 36.2 Å². The largest absolute Gasteiger partial charge is 0.361 e. The Hall–Kier alpha value is -1.71. The first-order valence-corrected chi connectivity index (χ1v) is 11.1. The zero-order chi connectivity index (χ0) is 19.3. The third-order valence-electron chi connectivity index (χ3n) is 5.19. The maximum atomic E-state index is 13.5. The zero-order valence-corrected chi connectivity index (χ0v) is 17.5. The Morgan fingerprint density at radius 1 is 1.30 bits per heavy atom. The molecule has 0 unspecified atom stereocenters. The van der Waals surface area contributed by atoms with Crippen LogP contribution in [0.5, 0.6) is 0 Å². The van der Waals surface area contributed by atoms with Crippen LogP contribution in [0.15, 0.2) is 32.1 Å². The highest BCUT2D eigenvalue weighted by molar-refractivity contribution is 9.10. The van der Waals surface area contributed by atoms with E-state index in [-0.39, 0.29) is 16.8 Å². The monoisotopic (exact) mass is 453 g/mol. The molecule has 7 nitrogen and oxygen atoms in total. The summed E-state index contributed by atoms with van der Waals surface area (Å²) < 4.78 is 34.1. The van der Waals surface area contributed by atoms with Crippen molar-refractivity contribution < 1.29 is 17.7 Å². The summed E-state index contributed by atoms with van der Waals surface area (Å²) in [6.07, 6.45) is 2.18. The van der Waals surface area contributed by atoms with Gasteiger partial charge in [-0.3, -0.25) is 4.79 Å². The first kappa shape index (κ1) is 18.6. The van der Waals surface area contributed by atoms with E-state index >= 15 is 0 Å². The maximum absolute atomic E-state index is 13.5. The summed E-state index contributed by atoms with van der Waals surface area (Å²) in [4.78, 5) is 13.7. The van der Waals surface area contributed by atoms with Gasteiger partial charge in [0.1, 0.15) is 11.5 Å². The Labute approximate surface area is 166 Å². The van der Waals surface area contributed by atoms with Gasteiger partial charge in [-0.1, -0.05) is 5.16 Å². The molecular weight excluding hydrogens is 434 g/mol. The number of aromatic nitrogens is 1. The lowest BCUT2D eigenvalue weighted by Crippen LogP contribution is -2.31. The Morgan fingerprint density at radius 2 is 2.07 bits per heavy atom. The molecule has 0 aliphatic carbocycles. The van der Waals surface area contributed by atoms with Crippen LogP contribution in [0.25, 0.3) is 0 Å². The lowest BCUT2D eigenvalue weighted by molar-refractivity contribution is -0.116. The second-order valence-electron chi connectivity index (χ2n) is 6.97. The van der Waals surface area contributed by atoms with Gasteiger partial charge in [0.2, 0.25) is 15.9 Å². The molecule has 9 heteroatoms. The van der Waals surface area contributed by atoms with Crippen molar-refractivity contribution in [3.8, 4) is 0 Å². The first-order valence-electron chi connectivity index (χ1n) is 8.84. The van der Waals surface area contributed by atoms with Crippen LogP contribution in [-0.2, 0) is 21.2 Å².